The Morgan fingerprint density at radius 2 is 2.41 bits per heavy atom. The molecule has 0 radical (unpaired) electrons. The Morgan fingerprint density at radius 1 is 1.59 bits per heavy atom. The summed E-state index contributed by atoms with van der Waals surface area (Å²) >= 11 is 0. The van der Waals surface area contributed by atoms with Gasteiger partial charge in [0.15, 0.2) is 5.69 Å². The average Bonchev–Trinajstić information content (AvgIpc) is 2.70. The summed E-state index contributed by atoms with van der Waals surface area (Å²) in [5.74, 6) is 0.428. The third kappa shape index (κ3) is 3.30. The lowest BCUT2D eigenvalue weighted by atomic mass is 9.83. The van der Waals surface area contributed by atoms with E-state index in [4.69, 9.17) is 10.5 Å². The molecule has 2 N–H and O–H groups in total. The number of carbonyl (C=O) groups is 1. The Labute approximate surface area is 101 Å². The van der Waals surface area contributed by atoms with Gasteiger partial charge in [0.1, 0.15) is 0 Å². The minimum atomic E-state index is -0.333. The van der Waals surface area contributed by atoms with Crippen molar-refractivity contribution in [1.82, 2.24) is 9.55 Å². The van der Waals surface area contributed by atoms with Crippen LogP contribution in [-0.2, 0) is 11.3 Å². The van der Waals surface area contributed by atoms with Crippen LogP contribution in [-0.4, -0.2) is 28.7 Å². The van der Waals surface area contributed by atoms with Crippen molar-refractivity contribution in [3.63, 3.8) is 0 Å². The summed E-state index contributed by atoms with van der Waals surface area (Å²) in [6.07, 6.45) is 8.15. The number of aromatic nitrogens is 2. The highest BCUT2D eigenvalue weighted by molar-refractivity contribution is 5.86. The molecule has 0 unspecified atom stereocenters. The Kier molecular flexibility index (Phi) is 4.14. The standard InChI is InChI=1S/C12H19N3O2/c13-5-6-15-8-11(14-9-15)12(16)17-7-4-10-2-1-3-10/h8-10H,1-7,13H2. The Morgan fingerprint density at radius 3 is 3.06 bits per heavy atom. The lowest BCUT2D eigenvalue weighted by Crippen LogP contribution is -2.15. The molecule has 1 saturated carbocycles. The molecule has 5 nitrogen and oxygen atoms in total. The third-order valence-electron chi connectivity index (χ3n) is 3.21. The largest absolute Gasteiger partial charge is 0.461 e. The molecule has 2 rings (SSSR count). The highest BCUT2D eigenvalue weighted by Crippen LogP contribution is 2.29. The van der Waals surface area contributed by atoms with Crippen LogP contribution in [0.4, 0.5) is 0 Å². The van der Waals surface area contributed by atoms with Gasteiger partial charge in [-0.2, -0.15) is 0 Å². The van der Waals surface area contributed by atoms with Crippen LogP contribution in [0.15, 0.2) is 12.5 Å². The molecule has 0 aromatic carbocycles. The molecular formula is C12H19N3O2. The molecular weight excluding hydrogens is 218 g/mol. The van der Waals surface area contributed by atoms with Gasteiger partial charge >= 0.3 is 5.97 Å². The predicted molar refractivity (Wildman–Crippen MR) is 63.5 cm³/mol. The Balaban J connectivity index is 1.73. The van der Waals surface area contributed by atoms with E-state index < -0.39 is 0 Å². The van der Waals surface area contributed by atoms with Gasteiger partial charge in [-0.3, -0.25) is 0 Å². The van der Waals surface area contributed by atoms with Crippen LogP contribution in [0.1, 0.15) is 36.2 Å². The summed E-state index contributed by atoms with van der Waals surface area (Å²) in [4.78, 5) is 15.6. The zero-order valence-electron chi connectivity index (χ0n) is 9.97. The molecule has 0 amide bonds. The van der Waals surface area contributed by atoms with Gasteiger partial charge in [0.25, 0.3) is 0 Å². The number of imidazole rings is 1. The van der Waals surface area contributed by atoms with Crippen molar-refractivity contribution in [2.45, 2.75) is 32.2 Å². The first-order valence-electron chi connectivity index (χ1n) is 6.18. The molecule has 1 aliphatic carbocycles. The molecule has 1 heterocycles. The maximum Gasteiger partial charge on any atom is 0.358 e. The lowest BCUT2D eigenvalue weighted by Gasteiger charge is -2.24. The first kappa shape index (κ1) is 12.1. The van der Waals surface area contributed by atoms with Crippen molar-refractivity contribution in [3.8, 4) is 0 Å². The van der Waals surface area contributed by atoms with E-state index in [-0.39, 0.29) is 5.97 Å². The van der Waals surface area contributed by atoms with Crippen molar-refractivity contribution in [2.24, 2.45) is 11.7 Å². The highest BCUT2D eigenvalue weighted by atomic mass is 16.5. The van der Waals surface area contributed by atoms with Gasteiger partial charge in [-0.05, 0) is 12.3 Å². The van der Waals surface area contributed by atoms with Gasteiger partial charge in [0.2, 0.25) is 0 Å². The number of nitrogens with zero attached hydrogens (tertiary/aromatic N) is 2. The fraction of sp³-hybridized carbons (Fsp3) is 0.667. The van der Waals surface area contributed by atoms with Crippen molar-refractivity contribution < 1.29 is 9.53 Å². The third-order valence-corrected chi connectivity index (χ3v) is 3.21. The van der Waals surface area contributed by atoms with E-state index >= 15 is 0 Å². The van der Waals surface area contributed by atoms with Crippen LogP contribution >= 0.6 is 0 Å². The number of esters is 1. The van der Waals surface area contributed by atoms with E-state index in [0.29, 0.717) is 25.4 Å². The van der Waals surface area contributed by atoms with Crippen LogP contribution < -0.4 is 5.73 Å². The molecule has 1 fully saturated rings. The minimum absolute atomic E-state index is 0.333. The molecule has 1 aliphatic rings. The van der Waals surface area contributed by atoms with Gasteiger partial charge in [0.05, 0.1) is 12.9 Å². The van der Waals surface area contributed by atoms with E-state index in [1.54, 1.807) is 17.1 Å². The Hall–Kier alpha value is -1.36. The van der Waals surface area contributed by atoms with E-state index in [1.807, 2.05) is 0 Å². The van der Waals surface area contributed by atoms with Crippen molar-refractivity contribution >= 4 is 5.97 Å². The number of rotatable bonds is 6. The SMILES string of the molecule is NCCn1cnc(C(=O)OCCC2CCC2)c1. The van der Waals surface area contributed by atoms with Gasteiger partial charge in [-0.15, -0.1) is 0 Å². The molecule has 1 aromatic heterocycles. The normalized spacial score (nSPS) is 15.6. The monoisotopic (exact) mass is 237 g/mol. The minimum Gasteiger partial charge on any atom is -0.461 e. The average molecular weight is 237 g/mol. The topological polar surface area (TPSA) is 70.1 Å². The number of hydrogen-bond donors (Lipinski definition) is 1. The van der Waals surface area contributed by atoms with Crippen LogP contribution in [0.5, 0.6) is 0 Å². The van der Waals surface area contributed by atoms with E-state index in [0.717, 1.165) is 12.3 Å². The predicted octanol–water partition coefficient (Wildman–Crippen LogP) is 1.19. The van der Waals surface area contributed by atoms with E-state index in [1.165, 1.54) is 19.3 Å². The first-order chi connectivity index (χ1) is 8.29. The number of nitrogens with two attached hydrogens (primary N) is 1. The smallest absolute Gasteiger partial charge is 0.358 e. The first-order valence-corrected chi connectivity index (χ1v) is 6.18. The van der Waals surface area contributed by atoms with Crippen LogP contribution in [0.3, 0.4) is 0 Å². The quantitative estimate of drug-likeness (QED) is 0.754. The Bertz CT molecular complexity index is 372. The van der Waals surface area contributed by atoms with Crippen LogP contribution in [0.25, 0.3) is 0 Å². The summed E-state index contributed by atoms with van der Waals surface area (Å²) in [5.41, 5.74) is 5.78. The van der Waals surface area contributed by atoms with Gasteiger partial charge in [0, 0.05) is 19.3 Å². The lowest BCUT2D eigenvalue weighted by molar-refractivity contribution is 0.0458. The molecule has 5 heteroatoms. The summed E-state index contributed by atoms with van der Waals surface area (Å²) in [7, 11) is 0. The zero-order chi connectivity index (χ0) is 12.1. The summed E-state index contributed by atoms with van der Waals surface area (Å²) < 4.78 is 6.97. The van der Waals surface area contributed by atoms with Crippen molar-refractivity contribution in [2.75, 3.05) is 13.2 Å². The number of carbonyl (C=O) groups excluding carboxylic acids is 1. The second-order valence-corrected chi connectivity index (χ2v) is 4.51. The molecule has 0 spiro atoms. The second kappa shape index (κ2) is 5.82. The number of hydrogen-bond acceptors (Lipinski definition) is 4. The molecule has 94 valence electrons. The fourth-order valence-corrected chi connectivity index (χ4v) is 1.91. The maximum absolute atomic E-state index is 11.6. The molecule has 0 saturated heterocycles. The molecule has 0 aliphatic heterocycles. The van der Waals surface area contributed by atoms with Gasteiger partial charge in [-0.1, -0.05) is 19.3 Å². The van der Waals surface area contributed by atoms with Gasteiger partial charge < -0.3 is 15.0 Å². The van der Waals surface area contributed by atoms with Crippen LogP contribution in [0.2, 0.25) is 0 Å². The van der Waals surface area contributed by atoms with E-state index in [9.17, 15) is 4.79 Å². The van der Waals surface area contributed by atoms with Crippen LogP contribution in [0, 0.1) is 5.92 Å². The molecule has 0 bridgehead atoms. The van der Waals surface area contributed by atoms with Crippen molar-refractivity contribution in [3.05, 3.63) is 18.2 Å². The molecule has 17 heavy (non-hydrogen) atoms. The van der Waals surface area contributed by atoms with Gasteiger partial charge in [-0.25, -0.2) is 9.78 Å². The molecule has 0 atom stereocenters. The zero-order valence-corrected chi connectivity index (χ0v) is 9.97. The highest BCUT2D eigenvalue weighted by Gasteiger charge is 2.18. The number of ether oxygens (including phenoxy) is 1. The molecule has 1 aromatic rings. The summed E-state index contributed by atoms with van der Waals surface area (Å²) in [6.45, 7) is 1.71. The van der Waals surface area contributed by atoms with E-state index in [2.05, 4.69) is 4.98 Å². The summed E-state index contributed by atoms with van der Waals surface area (Å²) in [6, 6.07) is 0. The van der Waals surface area contributed by atoms with Crippen molar-refractivity contribution in [1.29, 1.82) is 0 Å². The maximum atomic E-state index is 11.6. The summed E-state index contributed by atoms with van der Waals surface area (Å²) in [5, 5.41) is 0. The second-order valence-electron chi connectivity index (χ2n) is 4.51. The fourth-order valence-electron chi connectivity index (χ4n) is 1.91.